The van der Waals surface area contributed by atoms with Gasteiger partial charge in [0.25, 0.3) is 5.91 Å². The van der Waals surface area contributed by atoms with E-state index >= 15 is 0 Å². The number of rotatable bonds is 6. The Morgan fingerprint density at radius 2 is 1.67 bits per heavy atom. The Bertz CT molecular complexity index is 959. The molecule has 0 saturated carbocycles. The van der Waals surface area contributed by atoms with Crippen molar-refractivity contribution >= 4 is 17.3 Å². The van der Waals surface area contributed by atoms with Crippen LogP contribution in [-0.4, -0.2) is 17.4 Å². The summed E-state index contributed by atoms with van der Waals surface area (Å²) >= 11 is 0. The van der Waals surface area contributed by atoms with Crippen LogP contribution in [0.4, 0.5) is 15.8 Å². The maximum Gasteiger partial charge on any atom is 0.306 e. The monoisotopic (exact) mass is 366 g/mol. The van der Waals surface area contributed by atoms with Crippen molar-refractivity contribution in [3.63, 3.8) is 0 Å². The molecule has 0 unspecified atom stereocenters. The SMILES string of the molecule is O=C(COc1ccc(-c2ccccc2)cc1)Nc1ccc(F)c([N+](=O)[O-])c1. The van der Waals surface area contributed by atoms with Crippen molar-refractivity contribution < 1.29 is 18.8 Å². The summed E-state index contributed by atoms with van der Waals surface area (Å²) in [5.41, 5.74) is 1.51. The van der Waals surface area contributed by atoms with Gasteiger partial charge < -0.3 is 10.1 Å². The zero-order valence-electron chi connectivity index (χ0n) is 14.1. The Morgan fingerprint density at radius 1 is 1.00 bits per heavy atom. The summed E-state index contributed by atoms with van der Waals surface area (Å²) in [5.74, 6) is -0.967. The maximum atomic E-state index is 13.3. The number of carbonyl (C=O) groups is 1. The molecule has 0 aliphatic carbocycles. The van der Waals surface area contributed by atoms with Gasteiger partial charge >= 0.3 is 5.69 Å². The third-order valence-corrected chi connectivity index (χ3v) is 3.76. The molecule has 0 spiro atoms. The normalized spacial score (nSPS) is 10.3. The van der Waals surface area contributed by atoms with Gasteiger partial charge in [0.1, 0.15) is 5.75 Å². The number of hydrogen-bond acceptors (Lipinski definition) is 4. The van der Waals surface area contributed by atoms with Crippen LogP contribution >= 0.6 is 0 Å². The molecule has 0 atom stereocenters. The fraction of sp³-hybridized carbons (Fsp3) is 0.0500. The van der Waals surface area contributed by atoms with Crippen molar-refractivity contribution in [2.75, 3.05) is 11.9 Å². The molecule has 0 saturated heterocycles. The van der Waals surface area contributed by atoms with Crippen molar-refractivity contribution in [1.29, 1.82) is 0 Å². The summed E-state index contributed by atoms with van der Waals surface area (Å²) in [6.07, 6.45) is 0. The number of ether oxygens (including phenoxy) is 1. The molecular weight excluding hydrogens is 351 g/mol. The fourth-order valence-electron chi connectivity index (χ4n) is 2.45. The zero-order valence-corrected chi connectivity index (χ0v) is 14.1. The van der Waals surface area contributed by atoms with Crippen LogP contribution in [0, 0.1) is 15.9 Å². The lowest BCUT2D eigenvalue weighted by Gasteiger charge is -2.08. The van der Waals surface area contributed by atoms with Crippen LogP contribution in [0.3, 0.4) is 0 Å². The summed E-state index contributed by atoms with van der Waals surface area (Å²) in [7, 11) is 0. The first kappa shape index (κ1) is 18.1. The molecule has 1 amide bonds. The standard InChI is InChI=1S/C20H15FN2O4/c21-18-11-8-16(12-19(18)23(25)26)22-20(24)13-27-17-9-6-15(7-10-17)14-4-2-1-3-5-14/h1-12H,13H2,(H,22,24). The predicted octanol–water partition coefficient (Wildman–Crippen LogP) is 4.42. The molecule has 136 valence electrons. The number of nitrogens with one attached hydrogen (secondary N) is 1. The summed E-state index contributed by atoms with van der Waals surface area (Å²) in [5, 5.41) is 13.2. The lowest BCUT2D eigenvalue weighted by Crippen LogP contribution is -2.20. The third kappa shape index (κ3) is 4.66. The molecule has 27 heavy (non-hydrogen) atoms. The van der Waals surface area contributed by atoms with Gasteiger partial charge in [-0.15, -0.1) is 0 Å². The molecule has 1 N–H and O–H groups in total. The van der Waals surface area contributed by atoms with Crippen LogP contribution in [0.15, 0.2) is 72.8 Å². The van der Waals surface area contributed by atoms with Crippen molar-refractivity contribution in [3.05, 3.63) is 88.7 Å². The van der Waals surface area contributed by atoms with E-state index in [1.54, 1.807) is 12.1 Å². The first-order valence-corrected chi connectivity index (χ1v) is 8.05. The maximum absolute atomic E-state index is 13.3. The van der Waals surface area contributed by atoms with Gasteiger partial charge in [0.05, 0.1) is 4.92 Å². The molecular formula is C20H15FN2O4. The zero-order chi connectivity index (χ0) is 19.2. The minimum absolute atomic E-state index is 0.121. The number of carbonyl (C=O) groups excluding carboxylic acids is 1. The highest BCUT2D eigenvalue weighted by Gasteiger charge is 2.15. The van der Waals surface area contributed by atoms with E-state index < -0.39 is 22.3 Å². The first-order chi connectivity index (χ1) is 13.0. The van der Waals surface area contributed by atoms with E-state index in [4.69, 9.17) is 4.74 Å². The molecule has 3 rings (SSSR count). The first-order valence-electron chi connectivity index (χ1n) is 8.05. The second-order valence-electron chi connectivity index (χ2n) is 5.65. The Hall–Kier alpha value is -3.74. The van der Waals surface area contributed by atoms with Crippen LogP contribution in [-0.2, 0) is 4.79 Å². The van der Waals surface area contributed by atoms with E-state index in [2.05, 4.69) is 5.32 Å². The second-order valence-corrected chi connectivity index (χ2v) is 5.65. The largest absolute Gasteiger partial charge is 0.484 e. The Morgan fingerprint density at radius 3 is 2.33 bits per heavy atom. The van der Waals surface area contributed by atoms with Gasteiger partial charge in [-0.1, -0.05) is 42.5 Å². The summed E-state index contributed by atoms with van der Waals surface area (Å²) in [6.45, 7) is -0.282. The molecule has 0 bridgehead atoms. The molecule has 6 nitrogen and oxygen atoms in total. The van der Waals surface area contributed by atoms with Crippen LogP contribution in [0.25, 0.3) is 11.1 Å². The Kier molecular flexibility index (Phi) is 5.41. The van der Waals surface area contributed by atoms with Crippen molar-refractivity contribution in [1.82, 2.24) is 0 Å². The van der Waals surface area contributed by atoms with E-state index in [9.17, 15) is 19.3 Å². The highest BCUT2D eigenvalue weighted by atomic mass is 19.1. The van der Waals surface area contributed by atoms with Crippen LogP contribution in [0.2, 0.25) is 0 Å². The molecule has 7 heteroatoms. The van der Waals surface area contributed by atoms with Gasteiger partial charge in [-0.25, -0.2) is 0 Å². The van der Waals surface area contributed by atoms with Gasteiger partial charge in [-0.3, -0.25) is 14.9 Å². The van der Waals surface area contributed by atoms with Gasteiger partial charge in [0.2, 0.25) is 5.82 Å². The Labute approximate surface area is 154 Å². The molecule has 0 aromatic heterocycles. The van der Waals surface area contributed by atoms with Gasteiger partial charge in [0, 0.05) is 11.8 Å². The minimum Gasteiger partial charge on any atom is -0.484 e. The average molecular weight is 366 g/mol. The highest BCUT2D eigenvalue weighted by molar-refractivity contribution is 5.92. The van der Waals surface area contributed by atoms with Gasteiger partial charge in [0.15, 0.2) is 6.61 Å². The number of hydrogen-bond donors (Lipinski definition) is 1. The molecule has 3 aromatic carbocycles. The number of benzene rings is 3. The van der Waals surface area contributed by atoms with Gasteiger partial charge in [-0.05, 0) is 35.4 Å². The molecule has 3 aromatic rings. The highest BCUT2D eigenvalue weighted by Crippen LogP contribution is 2.23. The van der Waals surface area contributed by atoms with E-state index in [1.165, 1.54) is 6.07 Å². The molecule has 0 heterocycles. The lowest BCUT2D eigenvalue weighted by atomic mass is 10.1. The third-order valence-electron chi connectivity index (χ3n) is 3.76. The van der Waals surface area contributed by atoms with Gasteiger partial charge in [-0.2, -0.15) is 4.39 Å². The van der Waals surface area contributed by atoms with E-state index in [0.717, 1.165) is 23.3 Å². The van der Waals surface area contributed by atoms with E-state index in [0.29, 0.717) is 5.75 Å². The van der Waals surface area contributed by atoms with Crippen molar-refractivity contribution in [3.8, 4) is 16.9 Å². The Balaban J connectivity index is 1.58. The quantitative estimate of drug-likeness (QED) is 0.517. The number of amides is 1. The summed E-state index contributed by atoms with van der Waals surface area (Å²) < 4.78 is 18.7. The number of halogens is 1. The number of nitro groups is 1. The average Bonchev–Trinajstić information content (AvgIpc) is 2.69. The minimum atomic E-state index is -0.965. The fourth-order valence-corrected chi connectivity index (χ4v) is 2.45. The topological polar surface area (TPSA) is 81.5 Å². The summed E-state index contributed by atoms with van der Waals surface area (Å²) in [4.78, 5) is 21.8. The lowest BCUT2D eigenvalue weighted by molar-refractivity contribution is -0.387. The number of nitrogens with zero attached hydrogens (tertiary/aromatic N) is 1. The molecule has 0 fully saturated rings. The van der Waals surface area contributed by atoms with Crippen molar-refractivity contribution in [2.24, 2.45) is 0 Å². The van der Waals surface area contributed by atoms with E-state index in [1.807, 2.05) is 42.5 Å². The number of anilines is 1. The van der Waals surface area contributed by atoms with E-state index in [-0.39, 0.29) is 12.3 Å². The smallest absolute Gasteiger partial charge is 0.306 e. The molecule has 0 aliphatic heterocycles. The predicted molar refractivity (Wildman–Crippen MR) is 99.1 cm³/mol. The second kappa shape index (κ2) is 8.09. The van der Waals surface area contributed by atoms with Crippen LogP contribution < -0.4 is 10.1 Å². The molecule has 0 radical (unpaired) electrons. The number of nitro benzene ring substituents is 1. The van der Waals surface area contributed by atoms with Crippen molar-refractivity contribution in [2.45, 2.75) is 0 Å². The van der Waals surface area contributed by atoms with Crippen LogP contribution in [0.1, 0.15) is 0 Å². The van der Waals surface area contributed by atoms with Crippen LogP contribution in [0.5, 0.6) is 5.75 Å². The summed E-state index contributed by atoms with van der Waals surface area (Å²) in [6, 6.07) is 20.2. The molecule has 0 aliphatic rings.